The van der Waals surface area contributed by atoms with Crippen molar-refractivity contribution >= 4 is 22.4 Å². The van der Waals surface area contributed by atoms with Gasteiger partial charge in [-0.2, -0.15) is 0 Å². The number of amides is 1. The minimum Gasteiger partial charge on any atom is -0.508 e. The lowest BCUT2D eigenvalue weighted by atomic mass is 9.95. The fraction of sp³-hybridized carbons (Fsp3) is 0.444. The minimum absolute atomic E-state index is 0.0842. The summed E-state index contributed by atoms with van der Waals surface area (Å²) < 4.78 is 0. The fourth-order valence-corrected chi connectivity index (χ4v) is 3.95. The molecular formula is C18H23N3O2S. The van der Waals surface area contributed by atoms with Crippen molar-refractivity contribution in [3.05, 3.63) is 40.9 Å². The molecule has 1 saturated heterocycles. The van der Waals surface area contributed by atoms with Crippen molar-refractivity contribution in [3.8, 4) is 5.75 Å². The van der Waals surface area contributed by atoms with Crippen LogP contribution in [0, 0.1) is 0 Å². The van der Waals surface area contributed by atoms with Gasteiger partial charge in [-0.1, -0.05) is 18.6 Å². The first kappa shape index (κ1) is 16.9. The molecule has 1 aliphatic rings. The lowest BCUT2D eigenvalue weighted by Crippen LogP contribution is -2.40. The molecule has 1 aromatic heterocycles. The van der Waals surface area contributed by atoms with Gasteiger partial charge in [-0.3, -0.25) is 9.69 Å². The summed E-state index contributed by atoms with van der Waals surface area (Å²) in [7, 11) is 0. The number of phenols is 1. The van der Waals surface area contributed by atoms with E-state index in [-0.39, 0.29) is 5.91 Å². The van der Waals surface area contributed by atoms with Crippen molar-refractivity contribution in [2.45, 2.75) is 45.2 Å². The Kier molecular flexibility index (Phi) is 5.48. The minimum atomic E-state index is -0.0842. The zero-order valence-electron chi connectivity index (χ0n) is 13.9. The highest BCUT2D eigenvalue weighted by Gasteiger charge is 2.23. The molecule has 3 rings (SSSR count). The van der Waals surface area contributed by atoms with Crippen LogP contribution >= 0.6 is 11.3 Å². The zero-order chi connectivity index (χ0) is 16.9. The Morgan fingerprint density at radius 3 is 2.92 bits per heavy atom. The molecular weight excluding hydrogens is 322 g/mol. The van der Waals surface area contributed by atoms with Crippen LogP contribution in [0.25, 0.3) is 0 Å². The Hall–Kier alpha value is -1.92. The summed E-state index contributed by atoms with van der Waals surface area (Å²) in [6.45, 7) is 3.40. The standard InChI is InChI=1S/C18H23N3O2S/c1-13(22)19-18-20-15(12-24-18)11-21-9-3-2-4-16(21)10-14-5-7-17(23)8-6-14/h5-8,12,16,23H,2-4,9-11H2,1H3,(H,19,20,22). The second kappa shape index (κ2) is 7.77. The highest BCUT2D eigenvalue weighted by Crippen LogP contribution is 2.25. The number of piperidine rings is 1. The van der Waals surface area contributed by atoms with E-state index in [1.165, 1.54) is 43.1 Å². The van der Waals surface area contributed by atoms with Crippen LogP contribution in [0.5, 0.6) is 5.75 Å². The summed E-state index contributed by atoms with van der Waals surface area (Å²) in [4.78, 5) is 18.1. The molecule has 24 heavy (non-hydrogen) atoms. The molecule has 1 amide bonds. The Labute approximate surface area is 146 Å². The third-order valence-corrected chi connectivity index (χ3v) is 5.16. The summed E-state index contributed by atoms with van der Waals surface area (Å²) in [5.41, 5.74) is 2.27. The predicted octanol–water partition coefficient (Wildman–Crippen LogP) is 3.40. The quantitative estimate of drug-likeness (QED) is 0.872. The Morgan fingerprint density at radius 2 is 2.17 bits per heavy atom. The molecule has 2 aromatic rings. The van der Waals surface area contributed by atoms with E-state index in [1.54, 1.807) is 12.1 Å². The maximum absolute atomic E-state index is 11.1. The van der Waals surface area contributed by atoms with Crippen LogP contribution in [-0.4, -0.2) is 33.5 Å². The van der Waals surface area contributed by atoms with Gasteiger partial charge in [-0.15, -0.1) is 11.3 Å². The molecule has 0 radical (unpaired) electrons. The molecule has 0 bridgehead atoms. The number of thiazole rings is 1. The van der Waals surface area contributed by atoms with E-state index in [0.717, 1.165) is 25.2 Å². The van der Waals surface area contributed by atoms with E-state index in [9.17, 15) is 9.90 Å². The van der Waals surface area contributed by atoms with Gasteiger partial charge in [-0.25, -0.2) is 4.98 Å². The van der Waals surface area contributed by atoms with Gasteiger partial charge >= 0.3 is 0 Å². The number of hydrogen-bond donors (Lipinski definition) is 2. The number of aromatic hydroxyl groups is 1. The number of hydrogen-bond acceptors (Lipinski definition) is 5. The van der Waals surface area contributed by atoms with Gasteiger partial charge in [-0.05, 0) is 43.5 Å². The van der Waals surface area contributed by atoms with Crippen LogP contribution in [0.1, 0.15) is 37.4 Å². The van der Waals surface area contributed by atoms with Crippen LogP contribution in [0.3, 0.4) is 0 Å². The first-order valence-electron chi connectivity index (χ1n) is 8.34. The molecule has 1 fully saturated rings. The van der Waals surface area contributed by atoms with Crippen molar-refractivity contribution in [2.24, 2.45) is 0 Å². The maximum atomic E-state index is 11.1. The molecule has 2 heterocycles. The smallest absolute Gasteiger partial charge is 0.223 e. The highest BCUT2D eigenvalue weighted by molar-refractivity contribution is 7.13. The molecule has 0 saturated carbocycles. The summed E-state index contributed by atoms with van der Waals surface area (Å²) >= 11 is 1.48. The maximum Gasteiger partial charge on any atom is 0.223 e. The number of carbonyl (C=O) groups excluding carboxylic acids is 1. The molecule has 1 atom stereocenters. The van der Waals surface area contributed by atoms with Crippen LogP contribution in [0.4, 0.5) is 5.13 Å². The Morgan fingerprint density at radius 1 is 1.38 bits per heavy atom. The number of benzene rings is 1. The molecule has 128 valence electrons. The molecule has 0 spiro atoms. The molecule has 1 unspecified atom stereocenters. The summed E-state index contributed by atoms with van der Waals surface area (Å²) in [6, 6.07) is 8.00. The molecule has 1 aromatic carbocycles. The van der Waals surface area contributed by atoms with Gasteiger partial charge in [0.2, 0.25) is 5.91 Å². The average molecular weight is 345 g/mol. The SMILES string of the molecule is CC(=O)Nc1nc(CN2CCCCC2Cc2ccc(O)cc2)cs1. The van der Waals surface area contributed by atoms with Crippen LogP contribution < -0.4 is 5.32 Å². The van der Waals surface area contributed by atoms with Crippen LogP contribution in [-0.2, 0) is 17.8 Å². The first-order valence-corrected chi connectivity index (χ1v) is 9.22. The van der Waals surface area contributed by atoms with Gasteiger partial charge in [0.15, 0.2) is 5.13 Å². The third-order valence-electron chi connectivity index (χ3n) is 4.36. The summed E-state index contributed by atoms with van der Waals surface area (Å²) in [5.74, 6) is 0.228. The Bertz CT molecular complexity index is 684. The largest absolute Gasteiger partial charge is 0.508 e. The zero-order valence-corrected chi connectivity index (χ0v) is 14.7. The van der Waals surface area contributed by atoms with E-state index in [4.69, 9.17) is 0 Å². The second-order valence-electron chi connectivity index (χ2n) is 6.32. The topological polar surface area (TPSA) is 65.5 Å². The number of likely N-dealkylation sites (tertiary alicyclic amines) is 1. The average Bonchev–Trinajstić information content (AvgIpc) is 2.98. The molecule has 6 heteroatoms. The normalized spacial score (nSPS) is 18.5. The third kappa shape index (κ3) is 4.55. The van der Waals surface area contributed by atoms with E-state index < -0.39 is 0 Å². The van der Waals surface area contributed by atoms with Crippen molar-refractivity contribution in [1.29, 1.82) is 0 Å². The van der Waals surface area contributed by atoms with Crippen LogP contribution in [0.15, 0.2) is 29.6 Å². The lowest BCUT2D eigenvalue weighted by Gasteiger charge is -2.35. The van der Waals surface area contributed by atoms with Gasteiger partial charge in [0.25, 0.3) is 0 Å². The number of aromatic nitrogens is 1. The summed E-state index contributed by atoms with van der Waals surface area (Å²) in [6.07, 6.45) is 4.65. The van der Waals surface area contributed by atoms with Crippen molar-refractivity contribution < 1.29 is 9.90 Å². The molecule has 2 N–H and O–H groups in total. The number of nitrogens with one attached hydrogen (secondary N) is 1. The van der Waals surface area contributed by atoms with Gasteiger partial charge in [0.1, 0.15) is 5.75 Å². The van der Waals surface area contributed by atoms with Crippen molar-refractivity contribution in [2.75, 3.05) is 11.9 Å². The van der Waals surface area contributed by atoms with Gasteiger partial charge in [0, 0.05) is 24.9 Å². The number of anilines is 1. The highest BCUT2D eigenvalue weighted by atomic mass is 32.1. The number of nitrogens with zero attached hydrogens (tertiary/aromatic N) is 2. The number of carbonyl (C=O) groups is 1. The first-order chi connectivity index (χ1) is 11.6. The predicted molar refractivity (Wildman–Crippen MR) is 96.3 cm³/mol. The lowest BCUT2D eigenvalue weighted by molar-refractivity contribution is -0.114. The van der Waals surface area contributed by atoms with Crippen molar-refractivity contribution in [3.63, 3.8) is 0 Å². The monoisotopic (exact) mass is 345 g/mol. The van der Waals surface area contributed by atoms with E-state index in [0.29, 0.717) is 16.9 Å². The van der Waals surface area contributed by atoms with Gasteiger partial charge < -0.3 is 10.4 Å². The molecule has 5 nitrogen and oxygen atoms in total. The Balaban J connectivity index is 1.64. The number of rotatable bonds is 5. The number of phenolic OH excluding ortho intramolecular Hbond substituents is 1. The van der Waals surface area contributed by atoms with E-state index in [2.05, 4.69) is 15.2 Å². The summed E-state index contributed by atoms with van der Waals surface area (Å²) in [5, 5.41) is 14.9. The van der Waals surface area contributed by atoms with Crippen LogP contribution in [0.2, 0.25) is 0 Å². The van der Waals surface area contributed by atoms with Gasteiger partial charge in [0.05, 0.1) is 5.69 Å². The second-order valence-corrected chi connectivity index (χ2v) is 7.17. The van der Waals surface area contributed by atoms with E-state index >= 15 is 0 Å². The fourth-order valence-electron chi connectivity index (χ4n) is 3.20. The molecule has 1 aliphatic heterocycles. The van der Waals surface area contributed by atoms with E-state index in [1.807, 2.05) is 17.5 Å². The van der Waals surface area contributed by atoms with Crippen molar-refractivity contribution in [1.82, 2.24) is 9.88 Å². The molecule has 0 aliphatic carbocycles.